The highest BCUT2D eigenvalue weighted by atomic mass is 79.9. The number of aryl methyl sites for hydroxylation is 1. The van der Waals surface area contributed by atoms with Gasteiger partial charge in [0.25, 0.3) is 0 Å². The fourth-order valence-corrected chi connectivity index (χ4v) is 1.77. The molecule has 0 radical (unpaired) electrons. The van der Waals surface area contributed by atoms with Gasteiger partial charge in [0.05, 0.1) is 5.69 Å². The number of nitrogen functional groups attached to an aromatic ring is 1. The van der Waals surface area contributed by atoms with Crippen LogP contribution in [0.15, 0.2) is 34.9 Å². The van der Waals surface area contributed by atoms with Crippen LogP contribution in [0, 0.1) is 0 Å². The van der Waals surface area contributed by atoms with Gasteiger partial charge in [0.15, 0.2) is 0 Å². The Morgan fingerprint density at radius 2 is 2.21 bits per heavy atom. The van der Waals surface area contributed by atoms with Crippen LogP contribution in [0.1, 0.15) is 0 Å². The molecule has 0 aliphatic heterocycles. The lowest BCUT2D eigenvalue weighted by molar-refractivity contribution is 0.771. The summed E-state index contributed by atoms with van der Waals surface area (Å²) in [5.74, 6) is 0. The fraction of sp³-hybridized carbons (Fsp3) is 0.100. The molecule has 1 aromatic heterocycles. The van der Waals surface area contributed by atoms with Crippen LogP contribution in [-0.4, -0.2) is 9.78 Å². The van der Waals surface area contributed by atoms with Crippen LogP contribution in [0.25, 0.3) is 11.3 Å². The predicted molar refractivity (Wildman–Crippen MR) is 60.8 cm³/mol. The third-order valence-corrected chi connectivity index (χ3v) is 2.45. The number of hydrogen-bond acceptors (Lipinski definition) is 2. The standard InChI is InChI=1S/C10H10BrN3/c1-14-6-9(12)10(13-14)7-3-2-4-8(11)5-7/h2-6H,12H2,1H3. The maximum absolute atomic E-state index is 5.82. The van der Waals surface area contributed by atoms with Gasteiger partial charge in [-0.25, -0.2) is 0 Å². The molecule has 1 heterocycles. The highest BCUT2D eigenvalue weighted by Gasteiger charge is 2.06. The smallest absolute Gasteiger partial charge is 0.115 e. The maximum atomic E-state index is 5.82. The van der Waals surface area contributed by atoms with E-state index in [0.29, 0.717) is 5.69 Å². The minimum atomic E-state index is 0.700. The van der Waals surface area contributed by atoms with Crippen molar-refractivity contribution in [3.05, 3.63) is 34.9 Å². The zero-order chi connectivity index (χ0) is 10.1. The van der Waals surface area contributed by atoms with E-state index in [1.165, 1.54) is 0 Å². The minimum Gasteiger partial charge on any atom is -0.396 e. The Hall–Kier alpha value is -1.29. The topological polar surface area (TPSA) is 43.8 Å². The Balaban J connectivity index is 2.54. The van der Waals surface area contributed by atoms with Crippen LogP contribution < -0.4 is 5.73 Å². The second-order valence-corrected chi connectivity index (χ2v) is 4.03. The summed E-state index contributed by atoms with van der Waals surface area (Å²) in [6.45, 7) is 0. The van der Waals surface area contributed by atoms with Crippen molar-refractivity contribution in [3.8, 4) is 11.3 Å². The number of halogens is 1. The molecule has 0 atom stereocenters. The number of aromatic nitrogens is 2. The van der Waals surface area contributed by atoms with Gasteiger partial charge in [0.2, 0.25) is 0 Å². The fourth-order valence-electron chi connectivity index (χ4n) is 1.37. The lowest BCUT2D eigenvalue weighted by Crippen LogP contribution is -1.88. The summed E-state index contributed by atoms with van der Waals surface area (Å²) in [5, 5.41) is 4.29. The minimum absolute atomic E-state index is 0.700. The van der Waals surface area contributed by atoms with E-state index in [1.807, 2.05) is 31.3 Å². The van der Waals surface area contributed by atoms with Crippen molar-refractivity contribution < 1.29 is 0 Å². The molecular formula is C10H10BrN3. The van der Waals surface area contributed by atoms with Crippen LogP contribution in [0.5, 0.6) is 0 Å². The normalized spacial score (nSPS) is 10.4. The molecule has 2 N–H and O–H groups in total. The van der Waals surface area contributed by atoms with Crippen molar-refractivity contribution in [2.45, 2.75) is 0 Å². The predicted octanol–water partition coefficient (Wildman–Crippen LogP) is 2.43. The lowest BCUT2D eigenvalue weighted by atomic mass is 10.1. The number of hydrogen-bond donors (Lipinski definition) is 1. The summed E-state index contributed by atoms with van der Waals surface area (Å²) in [7, 11) is 1.86. The summed E-state index contributed by atoms with van der Waals surface area (Å²) >= 11 is 3.42. The van der Waals surface area contributed by atoms with Gasteiger partial charge in [0.1, 0.15) is 5.69 Å². The number of nitrogens with zero attached hydrogens (tertiary/aromatic N) is 2. The first-order valence-electron chi connectivity index (χ1n) is 4.22. The van der Waals surface area contributed by atoms with Crippen molar-refractivity contribution in [2.75, 3.05) is 5.73 Å². The van der Waals surface area contributed by atoms with E-state index in [2.05, 4.69) is 21.0 Å². The van der Waals surface area contributed by atoms with E-state index < -0.39 is 0 Å². The zero-order valence-electron chi connectivity index (χ0n) is 7.74. The van der Waals surface area contributed by atoms with Crippen molar-refractivity contribution >= 4 is 21.6 Å². The molecule has 14 heavy (non-hydrogen) atoms. The second kappa shape index (κ2) is 3.46. The van der Waals surface area contributed by atoms with E-state index in [9.17, 15) is 0 Å². The Morgan fingerprint density at radius 1 is 1.43 bits per heavy atom. The maximum Gasteiger partial charge on any atom is 0.115 e. The second-order valence-electron chi connectivity index (χ2n) is 3.12. The highest BCUT2D eigenvalue weighted by Crippen LogP contribution is 2.25. The molecule has 0 aliphatic carbocycles. The van der Waals surface area contributed by atoms with Gasteiger partial charge in [-0.05, 0) is 12.1 Å². The van der Waals surface area contributed by atoms with Crippen molar-refractivity contribution in [1.29, 1.82) is 0 Å². The molecule has 0 saturated carbocycles. The molecule has 3 nitrogen and oxygen atoms in total. The molecule has 0 unspecified atom stereocenters. The Kier molecular flexibility index (Phi) is 2.29. The Bertz CT molecular complexity index is 462. The van der Waals surface area contributed by atoms with Crippen molar-refractivity contribution in [2.24, 2.45) is 7.05 Å². The monoisotopic (exact) mass is 251 g/mol. The van der Waals surface area contributed by atoms with E-state index >= 15 is 0 Å². The molecule has 0 amide bonds. The summed E-state index contributed by atoms with van der Waals surface area (Å²) in [4.78, 5) is 0. The van der Waals surface area contributed by atoms with Crippen molar-refractivity contribution in [1.82, 2.24) is 9.78 Å². The molecule has 2 rings (SSSR count). The van der Waals surface area contributed by atoms with Gasteiger partial charge in [0, 0.05) is 23.3 Å². The van der Waals surface area contributed by atoms with Gasteiger partial charge in [-0.1, -0.05) is 28.1 Å². The largest absolute Gasteiger partial charge is 0.396 e. The van der Waals surface area contributed by atoms with E-state index in [0.717, 1.165) is 15.7 Å². The molecule has 1 aromatic carbocycles. The van der Waals surface area contributed by atoms with Crippen LogP contribution in [-0.2, 0) is 7.05 Å². The molecule has 0 spiro atoms. The van der Waals surface area contributed by atoms with Gasteiger partial charge < -0.3 is 5.73 Å². The molecule has 0 fully saturated rings. The quantitative estimate of drug-likeness (QED) is 0.847. The van der Waals surface area contributed by atoms with Crippen LogP contribution in [0.2, 0.25) is 0 Å². The number of benzene rings is 1. The molecule has 0 aliphatic rings. The lowest BCUT2D eigenvalue weighted by Gasteiger charge is -1.98. The average Bonchev–Trinajstić information content (AvgIpc) is 2.45. The molecule has 4 heteroatoms. The molecule has 72 valence electrons. The van der Waals surface area contributed by atoms with Crippen LogP contribution in [0.3, 0.4) is 0 Å². The number of rotatable bonds is 1. The molecule has 0 bridgehead atoms. The van der Waals surface area contributed by atoms with E-state index in [4.69, 9.17) is 5.73 Å². The third-order valence-electron chi connectivity index (χ3n) is 1.96. The number of nitrogens with two attached hydrogens (primary N) is 1. The summed E-state index contributed by atoms with van der Waals surface area (Å²) in [6, 6.07) is 7.93. The van der Waals surface area contributed by atoms with Crippen LogP contribution in [0.4, 0.5) is 5.69 Å². The van der Waals surface area contributed by atoms with Gasteiger partial charge in [-0.15, -0.1) is 0 Å². The Morgan fingerprint density at radius 3 is 2.79 bits per heavy atom. The van der Waals surface area contributed by atoms with Gasteiger partial charge in [-0.3, -0.25) is 4.68 Å². The summed E-state index contributed by atoms with van der Waals surface area (Å²) in [5.41, 5.74) is 8.38. The molecule has 2 aromatic rings. The molecule has 0 saturated heterocycles. The first-order chi connectivity index (χ1) is 6.66. The van der Waals surface area contributed by atoms with Gasteiger partial charge >= 0.3 is 0 Å². The molecular weight excluding hydrogens is 242 g/mol. The number of anilines is 1. The summed E-state index contributed by atoms with van der Waals surface area (Å²) in [6.07, 6.45) is 1.80. The van der Waals surface area contributed by atoms with Crippen LogP contribution >= 0.6 is 15.9 Å². The average molecular weight is 252 g/mol. The van der Waals surface area contributed by atoms with Crippen molar-refractivity contribution in [3.63, 3.8) is 0 Å². The van der Waals surface area contributed by atoms with Gasteiger partial charge in [-0.2, -0.15) is 5.10 Å². The highest BCUT2D eigenvalue weighted by molar-refractivity contribution is 9.10. The van der Waals surface area contributed by atoms with E-state index in [1.54, 1.807) is 10.9 Å². The SMILES string of the molecule is Cn1cc(N)c(-c2cccc(Br)c2)n1. The zero-order valence-corrected chi connectivity index (χ0v) is 9.32. The first-order valence-corrected chi connectivity index (χ1v) is 5.01. The first kappa shape index (κ1) is 9.27. The summed E-state index contributed by atoms with van der Waals surface area (Å²) < 4.78 is 2.74. The third kappa shape index (κ3) is 1.65. The van der Waals surface area contributed by atoms with E-state index in [-0.39, 0.29) is 0 Å². The Labute approximate surface area is 90.7 Å².